The number of rotatable bonds is 4. The first-order valence-corrected chi connectivity index (χ1v) is 4.24. The minimum Gasteiger partial charge on any atom is -0.311 e. The quantitative estimate of drug-likeness (QED) is 0.740. The molecule has 1 N–H and O–H groups in total. The number of benzene rings is 1. The van der Waals surface area contributed by atoms with Crippen LogP contribution in [0, 0.1) is 11.6 Å². The SMILES string of the molecule is CNC(C=O)Cc1ccc(F)c(F)c1. The summed E-state index contributed by atoms with van der Waals surface area (Å²) >= 11 is 0. The molecule has 0 saturated heterocycles. The molecule has 1 rings (SSSR count). The van der Waals surface area contributed by atoms with Crippen molar-refractivity contribution in [1.82, 2.24) is 5.32 Å². The Morgan fingerprint density at radius 2 is 2.14 bits per heavy atom. The topological polar surface area (TPSA) is 29.1 Å². The summed E-state index contributed by atoms with van der Waals surface area (Å²) in [6, 6.07) is 3.26. The molecule has 0 aliphatic rings. The molecular formula is C10H11F2NO. The summed E-state index contributed by atoms with van der Waals surface area (Å²) in [7, 11) is 1.64. The van der Waals surface area contributed by atoms with Gasteiger partial charge in [-0.25, -0.2) is 8.78 Å². The summed E-state index contributed by atoms with van der Waals surface area (Å²) in [6.07, 6.45) is 1.10. The number of likely N-dealkylation sites (N-methyl/N-ethyl adjacent to an activating group) is 1. The molecule has 1 unspecified atom stereocenters. The number of carbonyl (C=O) groups excluding carboxylic acids is 1. The van der Waals surface area contributed by atoms with E-state index in [4.69, 9.17) is 0 Å². The first-order valence-electron chi connectivity index (χ1n) is 4.24. The normalized spacial score (nSPS) is 12.5. The fraction of sp³-hybridized carbons (Fsp3) is 0.300. The first-order chi connectivity index (χ1) is 6.67. The smallest absolute Gasteiger partial charge is 0.159 e. The summed E-state index contributed by atoms with van der Waals surface area (Å²) in [6.45, 7) is 0. The molecule has 0 aliphatic carbocycles. The van der Waals surface area contributed by atoms with E-state index in [0.29, 0.717) is 12.0 Å². The van der Waals surface area contributed by atoms with Gasteiger partial charge in [-0.2, -0.15) is 0 Å². The molecule has 2 nitrogen and oxygen atoms in total. The Bertz CT molecular complexity index is 328. The lowest BCUT2D eigenvalue weighted by molar-refractivity contribution is -0.109. The second kappa shape index (κ2) is 4.81. The van der Waals surface area contributed by atoms with Gasteiger partial charge in [-0.15, -0.1) is 0 Å². The number of halogens is 2. The Balaban J connectivity index is 2.76. The van der Waals surface area contributed by atoms with Gasteiger partial charge in [0, 0.05) is 0 Å². The zero-order chi connectivity index (χ0) is 10.6. The van der Waals surface area contributed by atoms with E-state index in [0.717, 1.165) is 18.4 Å². The van der Waals surface area contributed by atoms with Crippen LogP contribution in [0.15, 0.2) is 18.2 Å². The third kappa shape index (κ3) is 2.60. The number of hydrogen-bond acceptors (Lipinski definition) is 2. The van der Waals surface area contributed by atoms with Gasteiger partial charge in [0.15, 0.2) is 11.6 Å². The second-order valence-electron chi connectivity index (χ2n) is 2.98. The monoisotopic (exact) mass is 199 g/mol. The molecule has 0 aliphatic heterocycles. The Hall–Kier alpha value is -1.29. The van der Waals surface area contributed by atoms with Crippen LogP contribution in [0.4, 0.5) is 8.78 Å². The third-order valence-corrected chi connectivity index (χ3v) is 1.97. The maximum absolute atomic E-state index is 12.8. The summed E-state index contributed by atoms with van der Waals surface area (Å²) in [5, 5.41) is 2.75. The Labute approximate surface area is 80.9 Å². The van der Waals surface area contributed by atoms with Crippen molar-refractivity contribution in [2.75, 3.05) is 7.05 Å². The van der Waals surface area contributed by atoms with Gasteiger partial charge in [0.25, 0.3) is 0 Å². The number of nitrogens with one attached hydrogen (secondary N) is 1. The van der Waals surface area contributed by atoms with Gasteiger partial charge < -0.3 is 10.1 Å². The molecule has 0 aromatic heterocycles. The molecule has 14 heavy (non-hydrogen) atoms. The lowest BCUT2D eigenvalue weighted by Crippen LogP contribution is -2.28. The lowest BCUT2D eigenvalue weighted by atomic mass is 10.1. The van der Waals surface area contributed by atoms with Gasteiger partial charge in [0.1, 0.15) is 6.29 Å². The average Bonchev–Trinajstić information content (AvgIpc) is 2.19. The Morgan fingerprint density at radius 1 is 1.43 bits per heavy atom. The van der Waals surface area contributed by atoms with Crippen molar-refractivity contribution in [3.63, 3.8) is 0 Å². The summed E-state index contributed by atoms with van der Waals surface area (Å²) < 4.78 is 25.3. The molecule has 1 atom stereocenters. The lowest BCUT2D eigenvalue weighted by Gasteiger charge is -2.08. The molecule has 1 aromatic carbocycles. The Kier molecular flexibility index (Phi) is 3.71. The second-order valence-corrected chi connectivity index (χ2v) is 2.98. The molecule has 76 valence electrons. The van der Waals surface area contributed by atoms with Crippen LogP contribution < -0.4 is 5.32 Å². The fourth-order valence-corrected chi connectivity index (χ4v) is 1.14. The first kappa shape index (κ1) is 10.8. The van der Waals surface area contributed by atoms with Gasteiger partial charge in [-0.1, -0.05) is 6.07 Å². The zero-order valence-corrected chi connectivity index (χ0v) is 7.76. The van der Waals surface area contributed by atoms with E-state index in [2.05, 4.69) is 5.32 Å². The zero-order valence-electron chi connectivity index (χ0n) is 7.76. The van der Waals surface area contributed by atoms with Crippen LogP contribution in [0.1, 0.15) is 5.56 Å². The molecule has 0 saturated carbocycles. The minimum absolute atomic E-state index is 0.358. The van der Waals surface area contributed by atoms with Crippen LogP contribution in [-0.2, 0) is 11.2 Å². The highest BCUT2D eigenvalue weighted by Crippen LogP contribution is 2.09. The van der Waals surface area contributed by atoms with E-state index in [1.54, 1.807) is 7.05 Å². The van der Waals surface area contributed by atoms with Crippen LogP contribution in [0.2, 0.25) is 0 Å². The van der Waals surface area contributed by atoms with Gasteiger partial charge in [-0.3, -0.25) is 0 Å². The van der Waals surface area contributed by atoms with Gasteiger partial charge >= 0.3 is 0 Å². The van der Waals surface area contributed by atoms with Gasteiger partial charge in [0.05, 0.1) is 6.04 Å². The number of aldehydes is 1. The van der Waals surface area contributed by atoms with Gasteiger partial charge in [0.2, 0.25) is 0 Å². The van der Waals surface area contributed by atoms with Crippen LogP contribution in [0.25, 0.3) is 0 Å². The highest BCUT2D eigenvalue weighted by Gasteiger charge is 2.07. The summed E-state index contributed by atoms with van der Waals surface area (Å²) in [4.78, 5) is 10.5. The van der Waals surface area contributed by atoms with E-state index in [1.807, 2.05) is 0 Å². The Morgan fingerprint density at radius 3 is 2.64 bits per heavy atom. The number of carbonyl (C=O) groups is 1. The van der Waals surface area contributed by atoms with Crippen LogP contribution in [0.5, 0.6) is 0 Å². The molecule has 1 aromatic rings. The van der Waals surface area contributed by atoms with Crippen LogP contribution in [0.3, 0.4) is 0 Å². The average molecular weight is 199 g/mol. The molecule has 4 heteroatoms. The number of hydrogen-bond donors (Lipinski definition) is 1. The van der Waals surface area contributed by atoms with Crippen LogP contribution in [-0.4, -0.2) is 19.4 Å². The van der Waals surface area contributed by atoms with Crippen molar-refractivity contribution in [2.45, 2.75) is 12.5 Å². The van der Waals surface area contributed by atoms with E-state index >= 15 is 0 Å². The van der Waals surface area contributed by atoms with Gasteiger partial charge in [-0.05, 0) is 31.2 Å². The highest BCUT2D eigenvalue weighted by atomic mass is 19.2. The predicted molar refractivity (Wildman–Crippen MR) is 49.0 cm³/mol. The molecular weight excluding hydrogens is 188 g/mol. The maximum Gasteiger partial charge on any atom is 0.159 e. The van der Waals surface area contributed by atoms with Crippen molar-refractivity contribution >= 4 is 6.29 Å². The summed E-state index contributed by atoms with van der Waals surface area (Å²) in [5.41, 5.74) is 0.593. The minimum atomic E-state index is -0.886. The van der Waals surface area contributed by atoms with Crippen molar-refractivity contribution < 1.29 is 13.6 Å². The predicted octanol–water partition coefficient (Wildman–Crippen LogP) is 1.29. The highest BCUT2D eigenvalue weighted by molar-refractivity contribution is 5.58. The van der Waals surface area contributed by atoms with Crippen molar-refractivity contribution in [1.29, 1.82) is 0 Å². The van der Waals surface area contributed by atoms with Crippen LogP contribution >= 0.6 is 0 Å². The third-order valence-electron chi connectivity index (χ3n) is 1.97. The van der Waals surface area contributed by atoms with Crippen molar-refractivity contribution in [2.24, 2.45) is 0 Å². The molecule has 0 spiro atoms. The molecule has 0 amide bonds. The van der Waals surface area contributed by atoms with Crippen molar-refractivity contribution in [3.8, 4) is 0 Å². The largest absolute Gasteiger partial charge is 0.311 e. The standard InChI is InChI=1S/C10H11F2NO/c1-13-8(6-14)4-7-2-3-9(11)10(12)5-7/h2-3,5-6,8,13H,4H2,1H3. The molecule has 0 heterocycles. The van der Waals surface area contributed by atoms with E-state index in [-0.39, 0.29) is 6.04 Å². The van der Waals surface area contributed by atoms with Crippen molar-refractivity contribution in [3.05, 3.63) is 35.4 Å². The molecule has 0 fully saturated rings. The van der Waals surface area contributed by atoms with E-state index in [9.17, 15) is 13.6 Å². The summed E-state index contributed by atoms with van der Waals surface area (Å²) in [5.74, 6) is -1.76. The fourth-order valence-electron chi connectivity index (χ4n) is 1.14. The van der Waals surface area contributed by atoms with E-state index < -0.39 is 11.6 Å². The van der Waals surface area contributed by atoms with E-state index in [1.165, 1.54) is 6.07 Å². The molecule has 0 bridgehead atoms. The maximum atomic E-state index is 12.8. The molecule has 0 radical (unpaired) electrons.